The zero-order valence-corrected chi connectivity index (χ0v) is 12.2. The Bertz CT molecular complexity index is 406. The van der Waals surface area contributed by atoms with Gasteiger partial charge in [0.1, 0.15) is 17.3 Å². The number of hydrogen-bond acceptors (Lipinski definition) is 3. The van der Waals surface area contributed by atoms with Crippen molar-refractivity contribution in [3.63, 3.8) is 0 Å². The summed E-state index contributed by atoms with van der Waals surface area (Å²) in [5, 5.41) is 0.605. The van der Waals surface area contributed by atoms with E-state index in [1.165, 1.54) is 19.3 Å². The molecule has 3 nitrogen and oxygen atoms in total. The van der Waals surface area contributed by atoms with Gasteiger partial charge in [0, 0.05) is 18.7 Å². The van der Waals surface area contributed by atoms with Crippen molar-refractivity contribution in [3.8, 4) is 0 Å². The van der Waals surface area contributed by atoms with Gasteiger partial charge in [-0.3, -0.25) is 0 Å². The summed E-state index contributed by atoms with van der Waals surface area (Å²) in [7, 11) is 0. The van der Waals surface area contributed by atoms with Gasteiger partial charge < -0.3 is 4.90 Å². The Morgan fingerprint density at radius 2 is 2.22 bits per heavy atom. The Morgan fingerprint density at radius 3 is 2.89 bits per heavy atom. The van der Waals surface area contributed by atoms with Gasteiger partial charge in [-0.1, -0.05) is 38.8 Å². The first-order chi connectivity index (χ1) is 8.63. The van der Waals surface area contributed by atoms with Crippen LogP contribution in [0.15, 0.2) is 6.33 Å². The Kier molecular flexibility index (Phi) is 4.44. The average molecular weight is 268 g/mol. The van der Waals surface area contributed by atoms with Crippen LogP contribution in [0.5, 0.6) is 0 Å². The van der Waals surface area contributed by atoms with Gasteiger partial charge in [0.15, 0.2) is 0 Å². The van der Waals surface area contributed by atoms with Gasteiger partial charge in [-0.05, 0) is 24.7 Å². The summed E-state index contributed by atoms with van der Waals surface area (Å²) in [5.41, 5.74) is 1.09. The Morgan fingerprint density at radius 1 is 1.44 bits per heavy atom. The minimum atomic E-state index is 0.357. The van der Waals surface area contributed by atoms with Crippen molar-refractivity contribution in [2.75, 3.05) is 18.0 Å². The number of hydrogen-bond donors (Lipinski definition) is 0. The molecule has 1 aromatic rings. The van der Waals surface area contributed by atoms with Gasteiger partial charge in [-0.25, -0.2) is 9.97 Å². The van der Waals surface area contributed by atoms with Crippen molar-refractivity contribution in [2.45, 2.75) is 46.0 Å². The lowest BCUT2D eigenvalue weighted by atomic mass is 9.95. The van der Waals surface area contributed by atoms with Crippen molar-refractivity contribution in [1.29, 1.82) is 0 Å². The number of anilines is 1. The lowest BCUT2D eigenvalue weighted by molar-refractivity contribution is 0.402. The van der Waals surface area contributed by atoms with Crippen LogP contribution in [-0.4, -0.2) is 23.1 Å². The van der Waals surface area contributed by atoms with Gasteiger partial charge in [0.2, 0.25) is 0 Å². The van der Waals surface area contributed by atoms with Crippen LogP contribution in [-0.2, 0) is 0 Å². The fourth-order valence-corrected chi connectivity index (χ4v) is 3.05. The summed E-state index contributed by atoms with van der Waals surface area (Å²) in [4.78, 5) is 11.0. The average Bonchev–Trinajstić information content (AvgIpc) is 2.38. The molecule has 0 spiro atoms. The van der Waals surface area contributed by atoms with E-state index < -0.39 is 0 Å². The van der Waals surface area contributed by atoms with Gasteiger partial charge in [0.25, 0.3) is 0 Å². The monoisotopic (exact) mass is 267 g/mol. The van der Waals surface area contributed by atoms with Gasteiger partial charge >= 0.3 is 0 Å². The van der Waals surface area contributed by atoms with E-state index in [4.69, 9.17) is 11.6 Å². The minimum Gasteiger partial charge on any atom is -0.356 e. The molecule has 1 aromatic heterocycles. The highest BCUT2D eigenvalue weighted by Gasteiger charge is 2.24. The van der Waals surface area contributed by atoms with Crippen molar-refractivity contribution in [3.05, 3.63) is 17.0 Å². The highest BCUT2D eigenvalue weighted by atomic mass is 35.5. The fraction of sp³-hybridized carbons (Fsp3) is 0.714. The van der Waals surface area contributed by atoms with Crippen LogP contribution >= 0.6 is 11.6 Å². The molecule has 0 radical (unpaired) electrons. The number of halogens is 1. The molecule has 0 aromatic carbocycles. The summed E-state index contributed by atoms with van der Waals surface area (Å²) in [6, 6.07) is 0. The third-order valence-corrected chi connectivity index (χ3v) is 4.09. The molecule has 1 fully saturated rings. The van der Waals surface area contributed by atoms with Crippen molar-refractivity contribution in [1.82, 2.24) is 9.97 Å². The van der Waals surface area contributed by atoms with E-state index in [0.29, 0.717) is 11.1 Å². The topological polar surface area (TPSA) is 29.0 Å². The van der Waals surface area contributed by atoms with Crippen molar-refractivity contribution < 1.29 is 0 Å². The zero-order valence-electron chi connectivity index (χ0n) is 11.5. The number of piperidine rings is 1. The van der Waals surface area contributed by atoms with Crippen LogP contribution in [0.25, 0.3) is 0 Å². The quantitative estimate of drug-likeness (QED) is 0.779. The van der Waals surface area contributed by atoms with Crippen LogP contribution in [0.2, 0.25) is 5.15 Å². The minimum absolute atomic E-state index is 0.357. The first-order valence-electron chi connectivity index (χ1n) is 6.88. The molecule has 18 heavy (non-hydrogen) atoms. The smallest absolute Gasteiger partial charge is 0.138 e. The molecule has 2 heterocycles. The molecule has 1 atom stereocenters. The van der Waals surface area contributed by atoms with Crippen LogP contribution in [0.1, 0.15) is 51.5 Å². The number of rotatable bonds is 3. The van der Waals surface area contributed by atoms with E-state index in [-0.39, 0.29) is 0 Å². The fourth-order valence-electron chi connectivity index (χ4n) is 2.70. The summed E-state index contributed by atoms with van der Waals surface area (Å²) in [5.74, 6) is 2.19. The van der Waals surface area contributed by atoms with Gasteiger partial charge in [-0.15, -0.1) is 0 Å². The van der Waals surface area contributed by atoms with Gasteiger partial charge in [-0.2, -0.15) is 0 Å². The molecule has 1 saturated heterocycles. The molecular weight excluding hydrogens is 246 g/mol. The molecule has 0 aliphatic carbocycles. The number of aromatic nitrogens is 2. The second-order valence-electron chi connectivity index (χ2n) is 5.42. The van der Waals surface area contributed by atoms with E-state index in [2.05, 4.69) is 35.6 Å². The summed E-state index contributed by atoms with van der Waals surface area (Å²) in [6.07, 6.45) is 5.41. The predicted octanol–water partition coefficient (Wildman–Crippen LogP) is 3.88. The molecule has 1 aliphatic rings. The van der Waals surface area contributed by atoms with Crippen LogP contribution < -0.4 is 4.90 Å². The maximum Gasteiger partial charge on any atom is 0.138 e. The predicted molar refractivity (Wildman–Crippen MR) is 76.4 cm³/mol. The lowest BCUT2D eigenvalue weighted by Gasteiger charge is -2.34. The van der Waals surface area contributed by atoms with Crippen LogP contribution in [0.4, 0.5) is 5.82 Å². The molecule has 1 unspecified atom stereocenters. The highest BCUT2D eigenvalue weighted by Crippen LogP contribution is 2.33. The molecule has 2 rings (SSSR count). The Balaban J connectivity index is 2.29. The van der Waals surface area contributed by atoms with E-state index in [1.54, 1.807) is 6.33 Å². The van der Waals surface area contributed by atoms with Crippen molar-refractivity contribution >= 4 is 17.4 Å². The standard InChI is InChI=1S/C14H22ClN3/c1-4-11-6-5-7-18(8-11)14-12(10(2)3)13(15)16-9-17-14/h9-11H,4-8H2,1-3H3. The normalized spacial score (nSPS) is 20.5. The molecule has 0 bridgehead atoms. The second-order valence-corrected chi connectivity index (χ2v) is 5.78. The largest absolute Gasteiger partial charge is 0.356 e. The SMILES string of the molecule is CCC1CCCN(c2ncnc(Cl)c2C(C)C)C1. The van der Waals surface area contributed by atoms with E-state index in [0.717, 1.165) is 30.4 Å². The molecule has 4 heteroatoms. The second kappa shape index (κ2) is 5.87. The maximum atomic E-state index is 6.24. The first kappa shape index (κ1) is 13.6. The molecule has 0 amide bonds. The van der Waals surface area contributed by atoms with E-state index >= 15 is 0 Å². The zero-order chi connectivity index (χ0) is 13.1. The third kappa shape index (κ3) is 2.77. The maximum absolute atomic E-state index is 6.24. The molecule has 1 aliphatic heterocycles. The summed E-state index contributed by atoms with van der Waals surface area (Å²) < 4.78 is 0. The Hall–Kier alpha value is -0.830. The summed E-state index contributed by atoms with van der Waals surface area (Å²) >= 11 is 6.24. The van der Waals surface area contributed by atoms with E-state index in [1.807, 2.05) is 0 Å². The first-order valence-corrected chi connectivity index (χ1v) is 7.26. The van der Waals surface area contributed by atoms with Gasteiger partial charge in [0.05, 0.1) is 0 Å². The van der Waals surface area contributed by atoms with Crippen LogP contribution in [0, 0.1) is 5.92 Å². The molecule has 0 N–H and O–H groups in total. The molecule has 100 valence electrons. The van der Waals surface area contributed by atoms with Crippen LogP contribution in [0.3, 0.4) is 0 Å². The lowest BCUT2D eigenvalue weighted by Crippen LogP contribution is -2.36. The Labute approximate surface area is 115 Å². The molecular formula is C14H22ClN3. The van der Waals surface area contributed by atoms with Crippen molar-refractivity contribution in [2.24, 2.45) is 5.92 Å². The molecule has 0 saturated carbocycles. The third-order valence-electron chi connectivity index (χ3n) is 3.79. The number of nitrogens with zero attached hydrogens (tertiary/aromatic N) is 3. The highest BCUT2D eigenvalue weighted by molar-refractivity contribution is 6.30. The van der Waals surface area contributed by atoms with E-state index in [9.17, 15) is 0 Å². The summed E-state index contributed by atoms with van der Waals surface area (Å²) in [6.45, 7) is 8.75.